The topological polar surface area (TPSA) is 181 Å². The number of aliphatic hydroxyl groups excluding tert-OH is 1. The van der Waals surface area contributed by atoms with E-state index in [2.05, 4.69) is 30.4 Å². The monoisotopic (exact) mass is 472 g/mol. The van der Waals surface area contributed by atoms with E-state index in [0.29, 0.717) is 16.2 Å². The van der Waals surface area contributed by atoms with Crippen molar-refractivity contribution < 1.29 is 39.9 Å². The van der Waals surface area contributed by atoms with Gasteiger partial charge in [0.2, 0.25) is 11.8 Å². The molecule has 0 aliphatic heterocycles. The molecule has 0 saturated heterocycles. The number of carbonyl (C=O) groups is 2. The minimum atomic E-state index is -3.88. The van der Waals surface area contributed by atoms with Gasteiger partial charge in [-0.1, -0.05) is 19.7 Å². The molecular formula is C15H24N2O9S3. The van der Waals surface area contributed by atoms with Crippen molar-refractivity contribution in [3.05, 3.63) is 36.0 Å². The highest BCUT2D eigenvalue weighted by atomic mass is 32.2. The first-order valence-corrected chi connectivity index (χ1v) is 13.1. The summed E-state index contributed by atoms with van der Waals surface area (Å²) in [6.45, 7) is 8.82. The van der Waals surface area contributed by atoms with Crippen molar-refractivity contribution >= 4 is 41.3 Å². The quantitative estimate of drug-likeness (QED) is 0.258. The summed E-state index contributed by atoms with van der Waals surface area (Å²) in [7, 11) is -11.5. The molecule has 0 saturated carbocycles. The van der Waals surface area contributed by atoms with E-state index >= 15 is 0 Å². The van der Waals surface area contributed by atoms with Gasteiger partial charge in [0.1, 0.15) is 11.5 Å². The van der Waals surface area contributed by atoms with Crippen LogP contribution in [0.3, 0.4) is 0 Å². The van der Waals surface area contributed by atoms with Crippen LogP contribution in [0, 0.1) is 0 Å². The van der Waals surface area contributed by atoms with E-state index in [1.54, 1.807) is 0 Å². The summed E-state index contributed by atoms with van der Waals surface area (Å²) in [6, 6.07) is -1.09. The lowest BCUT2D eigenvalue weighted by Gasteiger charge is -2.22. The van der Waals surface area contributed by atoms with Gasteiger partial charge in [0.25, 0.3) is 0 Å². The molecule has 0 aromatic carbocycles. The van der Waals surface area contributed by atoms with Gasteiger partial charge in [-0.3, -0.25) is 9.59 Å². The second-order valence-electron chi connectivity index (χ2n) is 5.90. The van der Waals surface area contributed by atoms with Crippen molar-refractivity contribution in [1.29, 1.82) is 0 Å². The van der Waals surface area contributed by atoms with Crippen molar-refractivity contribution in [2.24, 2.45) is 0 Å². The minimum Gasteiger partial charge on any atom is -0.392 e. The number of sulfone groups is 3. The third-order valence-electron chi connectivity index (χ3n) is 3.32. The predicted octanol–water partition coefficient (Wildman–Crippen LogP) is -1.99. The average Bonchev–Trinajstić information content (AvgIpc) is 2.58. The molecule has 0 aliphatic rings. The molecule has 2 atom stereocenters. The molecule has 0 heterocycles. The standard InChI is InChI=1S/C15H24N2O9S3/c1-4-27(21,22)9-13(18)7-12(17-15(20)11-29(25,26)6-3)8-16-14(19)10-28(23,24)5-2/h4-6,12-13,18H,1-3,7-11H2,(H,16,19)(H,17,20). The fourth-order valence-corrected chi connectivity index (χ4v) is 3.93. The Hall–Kier alpha value is -2.03. The van der Waals surface area contributed by atoms with E-state index < -0.39 is 77.3 Å². The SMILES string of the molecule is C=CS(=O)(=O)CC(=O)NCC(CC(O)CS(=O)(=O)C=C)NC(=O)CS(=O)(=O)C=C. The van der Waals surface area contributed by atoms with E-state index in [1.165, 1.54) is 0 Å². The van der Waals surface area contributed by atoms with Gasteiger partial charge in [0.15, 0.2) is 29.5 Å². The maximum atomic E-state index is 11.9. The molecule has 3 N–H and O–H groups in total. The largest absolute Gasteiger partial charge is 0.392 e. The lowest BCUT2D eigenvalue weighted by Crippen LogP contribution is -2.48. The molecule has 0 rings (SSSR count). The van der Waals surface area contributed by atoms with Gasteiger partial charge in [0.05, 0.1) is 11.9 Å². The number of aliphatic hydroxyl groups is 1. The number of nitrogens with one attached hydrogen (secondary N) is 2. The highest BCUT2D eigenvalue weighted by Crippen LogP contribution is 2.05. The second kappa shape index (κ2) is 11.2. The molecule has 11 nitrogen and oxygen atoms in total. The number of hydrogen-bond acceptors (Lipinski definition) is 9. The summed E-state index contributed by atoms with van der Waals surface area (Å²) in [5.74, 6) is -4.49. The maximum Gasteiger partial charge on any atom is 0.235 e. The van der Waals surface area contributed by atoms with Crippen molar-refractivity contribution in [3.63, 3.8) is 0 Å². The highest BCUT2D eigenvalue weighted by molar-refractivity contribution is 7.95. The second-order valence-corrected chi connectivity index (χ2v) is 11.8. The fourth-order valence-electron chi connectivity index (χ4n) is 1.97. The summed E-state index contributed by atoms with van der Waals surface area (Å²) >= 11 is 0. The number of amides is 2. The van der Waals surface area contributed by atoms with E-state index in [-0.39, 0.29) is 6.42 Å². The normalized spacial score (nSPS) is 14.2. The van der Waals surface area contributed by atoms with Gasteiger partial charge in [-0.05, 0) is 6.42 Å². The van der Waals surface area contributed by atoms with Gasteiger partial charge in [-0.2, -0.15) is 0 Å². The fraction of sp³-hybridized carbons (Fsp3) is 0.467. The Bertz CT molecular complexity index is 951. The summed E-state index contributed by atoms with van der Waals surface area (Å²) in [5, 5.41) is 16.2. The highest BCUT2D eigenvalue weighted by Gasteiger charge is 2.23. The van der Waals surface area contributed by atoms with Gasteiger partial charge in [-0.15, -0.1) is 0 Å². The van der Waals surface area contributed by atoms with Crippen molar-refractivity contribution in [1.82, 2.24) is 10.6 Å². The summed E-state index contributed by atoms with van der Waals surface area (Å²) in [5.41, 5.74) is 0. The van der Waals surface area contributed by atoms with Gasteiger partial charge in [-0.25, -0.2) is 25.3 Å². The van der Waals surface area contributed by atoms with Crippen LogP contribution in [0.2, 0.25) is 0 Å². The Morgan fingerprint density at radius 1 is 0.828 bits per heavy atom. The van der Waals surface area contributed by atoms with Crippen molar-refractivity contribution in [2.75, 3.05) is 23.8 Å². The van der Waals surface area contributed by atoms with Gasteiger partial charge < -0.3 is 15.7 Å². The van der Waals surface area contributed by atoms with Crippen LogP contribution >= 0.6 is 0 Å². The van der Waals surface area contributed by atoms with E-state index in [0.717, 1.165) is 0 Å². The molecular weight excluding hydrogens is 448 g/mol. The third kappa shape index (κ3) is 12.2. The minimum absolute atomic E-state index is 0.374. The Balaban J connectivity index is 5.19. The summed E-state index contributed by atoms with van der Waals surface area (Å²) in [4.78, 5) is 23.6. The Labute approximate surface area is 170 Å². The van der Waals surface area contributed by atoms with Crippen molar-refractivity contribution in [3.8, 4) is 0 Å². The summed E-state index contributed by atoms with van der Waals surface area (Å²) < 4.78 is 68.5. The third-order valence-corrected chi connectivity index (χ3v) is 7.02. The number of carbonyl (C=O) groups excluding carboxylic acids is 2. The molecule has 2 amide bonds. The van der Waals surface area contributed by atoms with Crippen LogP contribution in [0.4, 0.5) is 0 Å². The predicted molar refractivity (Wildman–Crippen MR) is 108 cm³/mol. The zero-order valence-corrected chi connectivity index (χ0v) is 17.9. The van der Waals surface area contributed by atoms with Gasteiger partial charge >= 0.3 is 0 Å². The number of rotatable bonds is 14. The average molecular weight is 473 g/mol. The number of hydrogen-bond donors (Lipinski definition) is 3. The molecule has 14 heteroatoms. The van der Waals surface area contributed by atoms with Crippen LogP contribution < -0.4 is 10.6 Å². The molecule has 2 unspecified atom stereocenters. The van der Waals surface area contributed by atoms with E-state index in [9.17, 15) is 39.9 Å². The maximum absolute atomic E-state index is 11.9. The molecule has 0 aliphatic carbocycles. The molecule has 0 radical (unpaired) electrons. The molecule has 0 spiro atoms. The Morgan fingerprint density at radius 2 is 1.28 bits per heavy atom. The summed E-state index contributed by atoms with van der Waals surface area (Å²) in [6.07, 6.45) is -1.85. The smallest absolute Gasteiger partial charge is 0.235 e. The van der Waals surface area contributed by atoms with E-state index in [1.807, 2.05) is 0 Å². The first-order chi connectivity index (χ1) is 13.1. The first-order valence-electron chi connectivity index (χ1n) is 7.95. The van der Waals surface area contributed by atoms with Gasteiger partial charge in [0, 0.05) is 28.8 Å². The van der Waals surface area contributed by atoms with Crippen LogP contribution in [0.15, 0.2) is 36.0 Å². The van der Waals surface area contributed by atoms with Crippen molar-refractivity contribution in [2.45, 2.75) is 18.6 Å². The lowest BCUT2D eigenvalue weighted by atomic mass is 10.1. The van der Waals surface area contributed by atoms with Crippen LogP contribution in [0.1, 0.15) is 6.42 Å². The van der Waals surface area contributed by atoms with Crippen LogP contribution in [-0.2, 0) is 39.1 Å². The van der Waals surface area contributed by atoms with Crippen LogP contribution in [0.25, 0.3) is 0 Å². The van der Waals surface area contributed by atoms with Crippen LogP contribution in [0.5, 0.6) is 0 Å². The zero-order valence-electron chi connectivity index (χ0n) is 15.5. The van der Waals surface area contributed by atoms with E-state index in [4.69, 9.17) is 0 Å². The molecule has 0 fully saturated rings. The Kier molecular flexibility index (Phi) is 10.4. The van der Waals surface area contributed by atoms with Crippen LogP contribution in [-0.4, -0.2) is 78.1 Å². The molecule has 0 bridgehead atoms. The molecule has 29 heavy (non-hydrogen) atoms. The zero-order chi connectivity index (χ0) is 22.9. The molecule has 0 aromatic heterocycles. The lowest BCUT2D eigenvalue weighted by molar-refractivity contribution is -0.121. The Morgan fingerprint density at radius 3 is 1.72 bits per heavy atom. The molecule has 166 valence electrons. The first kappa shape index (κ1) is 27.0. The molecule has 0 aromatic rings.